The van der Waals surface area contributed by atoms with Crippen molar-refractivity contribution in [2.75, 3.05) is 0 Å². The highest BCUT2D eigenvalue weighted by Crippen LogP contribution is 2.36. The summed E-state index contributed by atoms with van der Waals surface area (Å²) in [6, 6.07) is 3.76. The number of fused-ring (bicyclic) bond motifs is 1. The average molecular weight is 339 g/mol. The maximum absolute atomic E-state index is 11.3. The summed E-state index contributed by atoms with van der Waals surface area (Å²) in [5.74, 6) is 0.794. The van der Waals surface area contributed by atoms with Crippen molar-refractivity contribution in [2.45, 2.75) is 32.1 Å². The van der Waals surface area contributed by atoms with Gasteiger partial charge in [-0.3, -0.25) is 9.78 Å². The number of aryl methyl sites for hydroxylation is 1. The zero-order valence-electron chi connectivity index (χ0n) is 13.1. The minimum Gasteiger partial charge on any atom is -0.369 e. The molecular formula is C17H17N5OS. The number of carbonyl (C=O) groups is 1. The largest absolute Gasteiger partial charge is 0.369 e. The number of aromatic nitrogens is 4. The molecule has 3 aromatic heterocycles. The molecule has 6 nitrogen and oxygen atoms in total. The van der Waals surface area contributed by atoms with Crippen molar-refractivity contribution in [2.24, 2.45) is 5.73 Å². The van der Waals surface area contributed by atoms with Crippen molar-refractivity contribution in [3.63, 3.8) is 0 Å². The molecular weight excluding hydrogens is 322 g/mol. The van der Waals surface area contributed by atoms with Crippen LogP contribution in [-0.4, -0.2) is 25.7 Å². The van der Waals surface area contributed by atoms with Gasteiger partial charge < -0.3 is 5.73 Å². The van der Waals surface area contributed by atoms with E-state index in [0.717, 1.165) is 29.9 Å². The van der Waals surface area contributed by atoms with Crippen molar-refractivity contribution < 1.29 is 4.79 Å². The van der Waals surface area contributed by atoms with Gasteiger partial charge in [-0.15, -0.1) is 11.3 Å². The number of carbonyl (C=O) groups excluding carboxylic acids is 1. The Morgan fingerprint density at radius 2 is 2.04 bits per heavy atom. The maximum atomic E-state index is 11.3. The molecule has 1 aliphatic rings. The van der Waals surface area contributed by atoms with Gasteiger partial charge in [0.2, 0.25) is 5.91 Å². The molecule has 0 bridgehead atoms. The van der Waals surface area contributed by atoms with E-state index in [-0.39, 0.29) is 6.42 Å². The first-order valence-corrected chi connectivity index (χ1v) is 8.84. The second kappa shape index (κ2) is 6.16. The molecule has 0 saturated heterocycles. The number of pyridine rings is 1. The second-order valence-corrected chi connectivity index (χ2v) is 6.83. The Hall–Kier alpha value is -2.54. The SMILES string of the molecule is NC(=O)Cc1nc(-c2csc3c2CCCC3)n(-c2ccncc2)n1. The van der Waals surface area contributed by atoms with Gasteiger partial charge in [0.05, 0.1) is 12.1 Å². The average Bonchev–Trinajstić information content (AvgIpc) is 3.19. The molecule has 0 fully saturated rings. The molecule has 3 heterocycles. The van der Waals surface area contributed by atoms with Crippen LogP contribution in [0.1, 0.15) is 29.1 Å². The molecule has 3 aromatic rings. The number of thiophene rings is 1. The van der Waals surface area contributed by atoms with Crippen LogP contribution in [0.4, 0.5) is 0 Å². The first-order valence-electron chi connectivity index (χ1n) is 7.96. The van der Waals surface area contributed by atoms with E-state index in [0.29, 0.717) is 5.82 Å². The molecule has 0 radical (unpaired) electrons. The van der Waals surface area contributed by atoms with Crippen LogP contribution < -0.4 is 5.73 Å². The summed E-state index contributed by atoms with van der Waals surface area (Å²) in [7, 11) is 0. The molecule has 24 heavy (non-hydrogen) atoms. The summed E-state index contributed by atoms with van der Waals surface area (Å²) in [4.78, 5) is 21.4. The molecule has 0 aliphatic heterocycles. The standard InChI is InChI=1S/C17H17N5OS/c18-15(23)9-16-20-17(22(21-16)11-5-7-19-8-6-11)13-10-24-14-4-2-1-3-12(13)14/h5-8,10H,1-4,9H2,(H2,18,23). The van der Waals surface area contributed by atoms with E-state index in [4.69, 9.17) is 5.73 Å². The Bertz CT molecular complexity index is 884. The van der Waals surface area contributed by atoms with Crippen LogP contribution in [0.3, 0.4) is 0 Å². The maximum Gasteiger partial charge on any atom is 0.225 e. The lowest BCUT2D eigenvalue weighted by Gasteiger charge is -2.13. The molecule has 2 N–H and O–H groups in total. The first kappa shape index (κ1) is 15.0. The monoisotopic (exact) mass is 339 g/mol. The van der Waals surface area contributed by atoms with E-state index in [2.05, 4.69) is 20.4 Å². The van der Waals surface area contributed by atoms with Crippen molar-refractivity contribution in [1.29, 1.82) is 0 Å². The van der Waals surface area contributed by atoms with E-state index in [1.54, 1.807) is 28.4 Å². The summed E-state index contributed by atoms with van der Waals surface area (Å²) in [6.45, 7) is 0. The van der Waals surface area contributed by atoms with Crippen molar-refractivity contribution in [3.8, 4) is 17.1 Å². The smallest absolute Gasteiger partial charge is 0.225 e. The van der Waals surface area contributed by atoms with Gasteiger partial charge in [0.25, 0.3) is 0 Å². The number of hydrogen-bond acceptors (Lipinski definition) is 5. The van der Waals surface area contributed by atoms with Gasteiger partial charge in [-0.2, -0.15) is 5.10 Å². The quantitative estimate of drug-likeness (QED) is 0.790. The fourth-order valence-corrected chi connectivity index (χ4v) is 4.23. The van der Waals surface area contributed by atoms with Gasteiger partial charge in [0.1, 0.15) is 0 Å². The zero-order valence-corrected chi connectivity index (χ0v) is 13.9. The topological polar surface area (TPSA) is 86.7 Å². The number of primary amides is 1. The van der Waals surface area contributed by atoms with E-state index in [1.165, 1.54) is 23.3 Å². The number of nitrogens with zero attached hydrogens (tertiary/aromatic N) is 4. The summed E-state index contributed by atoms with van der Waals surface area (Å²) in [6.07, 6.45) is 8.14. The van der Waals surface area contributed by atoms with Gasteiger partial charge in [0, 0.05) is 28.2 Å². The second-order valence-electron chi connectivity index (χ2n) is 5.87. The third-order valence-electron chi connectivity index (χ3n) is 4.19. The first-order chi connectivity index (χ1) is 11.7. The molecule has 7 heteroatoms. The number of rotatable bonds is 4. The highest BCUT2D eigenvalue weighted by Gasteiger charge is 2.22. The molecule has 1 amide bonds. The van der Waals surface area contributed by atoms with Crippen LogP contribution in [0.15, 0.2) is 29.9 Å². The Labute approximate surface area is 143 Å². The van der Waals surface area contributed by atoms with Crippen LogP contribution in [0.25, 0.3) is 17.1 Å². The van der Waals surface area contributed by atoms with Gasteiger partial charge in [-0.25, -0.2) is 9.67 Å². The van der Waals surface area contributed by atoms with Crippen LogP contribution in [0.2, 0.25) is 0 Å². The van der Waals surface area contributed by atoms with E-state index in [1.807, 2.05) is 12.1 Å². The number of nitrogens with two attached hydrogens (primary N) is 1. The van der Waals surface area contributed by atoms with Gasteiger partial charge in [-0.1, -0.05) is 0 Å². The van der Waals surface area contributed by atoms with Crippen LogP contribution in [-0.2, 0) is 24.1 Å². The molecule has 0 unspecified atom stereocenters. The zero-order chi connectivity index (χ0) is 16.5. The summed E-state index contributed by atoms with van der Waals surface area (Å²) in [5, 5.41) is 6.67. The summed E-state index contributed by atoms with van der Waals surface area (Å²) in [5.41, 5.74) is 8.68. The van der Waals surface area contributed by atoms with Gasteiger partial charge in [0.15, 0.2) is 11.6 Å². The lowest BCUT2D eigenvalue weighted by atomic mass is 9.95. The molecule has 1 aliphatic carbocycles. The van der Waals surface area contributed by atoms with Crippen LogP contribution in [0.5, 0.6) is 0 Å². The third-order valence-corrected chi connectivity index (χ3v) is 5.28. The fraction of sp³-hybridized carbons (Fsp3) is 0.294. The van der Waals surface area contributed by atoms with Crippen molar-refractivity contribution in [3.05, 3.63) is 46.2 Å². The minimum atomic E-state index is -0.430. The summed E-state index contributed by atoms with van der Waals surface area (Å²) >= 11 is 1.79. The molecule has 0 atom stereocenters. The van der Waals surface area contributed by atoms with E-state index < -0.39 is 5.91 Å². The molecule has 122 valence electrons. The third kappa shape index (κ3) is 2.71. The fourth-order valence-electron chi connectivity index (χ4n) is 3.11. The minimum absolute atomic E-state index is 0.0391. The van der Waals surface area contributed by atoms with Gasteiger partial charge >= 0.3 is 0 Å². The Balaban J connectivity index is 1.86. The normalized spacial score (nSPS) is 13.7. The van der Waals surface area contributed by atoms with E-state index >= 15 is 0 Å². The van der Waals surface area contributed by atoms with Crippen LogP contribution in [0, 0.1) is 0 Å². The lowest BCUT2D eigenvalue weighted by molar-refractivity contribution is -0.117. The molecule has 0 aromatic carbocycles. The number of hydrogen-bond donors (Lipinski definition) is 1. The summed E-state index contributed by atoms with van der Waals surface area (Å²) < 4.78 is 1.79. The lowest BCUT2D eigenvalue weighted by Crippen LogP contribution is -2.14. The van der Waals surface area contributed by atoms with E-state index in [9.17, 15) is 4.79 Å². The Morgan fingerprint density at radius 3 is 2.83 bits per heavy atom. The van der Waals surface area contributed by atoms with Crippen molar-refractivity contribution in [1.82, 2.24) is 19.7 Å². The van der Waals surface area contributed by atoms with Crippen LogP contribution >= 0.6 is 11.3 Å². The highest BCUT2D eigenvalue weighted by molar-refractivity contribution is 7.10. The highest BCUT2D eigenvalue weighted by atomic mass is 32.1. The molecule has 0 saturated carbocycles. The predicted molar refractivity (Wildman–Crippen MR) is 92.0 cm³/mol. The van der Waals surface area contributed by atoms with Gasteiger partial charge in [-0.05, 0) is 43.4 Å². The number of amides is 1. The Kier molecular flexibility index (Phi) is 3.86. The predicted octanol–water partition coefficient (Wildman–Crippen LogP) is 2.30. The molecule has 0 spiro atoms. The Morgan fingerprint density at radius 1 is 1.25 bits per heavy atom. The van der Waals surface area contributed by atoms with Crippen molar-refractivity contribution >= 4 is 17.2 Å². The molecule has 4 rings (SSSR count).